The molecular weight excluding hydrogens is 256 g/mol. The zero-order valence-corrected chi connectivity index (χ0v) is 10.9. The summed E-state index contributed by atoms with van der Waals surface area (Å²) in [6.07, 6.45) is 6.45. The first-order valence-electron chi connectivity index (χ1n) is 5.98. The van der Waals surface area contributed by atoms with E-state index in [1.54, 1.807) is 48.7 Å². The van der Waals surface area contributed by atoms with E-state index < -0.39 is 0 Å². The molecule has 2 aromatic rings. The van der Waals surface area contributed by atoms with Gasteiger partial charge in [0.15, 0.2) is 0 Å². The molecule has 0 atom stereocenters. The van der Waals surface area contributed by atoms with Gasteiger partial charge >= 0.3 is 0 Å². The third kappa shape index (κ3) is 3.58. The molecule has 2 rings (SSSR count). The molecule has 0 bridgehead atoms. The maximum atomic E-state index is 11.9. The van der Waals surface area contributed by atoms with Crippen LogP contribution in [0, 0.1) is 0 Å². The van der Waals surface area contributed by atoms with Gasteiger partial charge in [-0.1, -0.05) is 12.1 Å². The Morgan fingerprint density at radius 3 is 2.90 bits per heavy atom. The molecule has 20 heavy (non-hydrogen) atoms. The van der Waals surface area contributed by atoms with Gasteiger partial charge in [-0.15, -0.1) is 0 Å². The largest absolute Gasteiger partial charge is 0.496 e. The van der Waals surface area contributed by atoms with Gasteiger partial charge in [-0.2, -0.15) is 5.10 Å². The number of benzene rings is 1. The minimum absolute atomic E-state index is 0.329. The third-order valence-electron chi connectivity index (χ3n) is 2.48. The number of carbonyl (C=O) groups is 1. The zero-order chi connectivity index (χ0) is 14.2. The summed E-state index contributed by atoms with van der Waals surface area (Å²) in [6, 6.07) is 10.6. The van der Waals surface area contributed by atoms with Crippen LogP contribution < -0.4 is 10.2 Å². The molecule has 0 fully saturated rings. The number of carbonyl (C=O) groups excluding carboxylic acids is 1. The Balaban J connectivity index is 1.92. The van der Waals surface area contributed by atoms with Crippen molar-refractivity contribution >= 4 is 18.2 Å². The second kappa shape index (κ2) is 6.94. The summed E-state index contributed by atoms with van der Waals surface area (Å²) in [6.45, 7) is 0. The fourth-order valence-electron chi connectivity index (χ4n) is 1.56. The van der Waals surface area contributed by atoms with Crippen molar-refractivity contribution in [2.45, 2.75) is 0 Å². The molecule has 1 heterocycles. The van der Waals surface area contributed by atoms with Gasteiger partial charge in [0.2, 0.25) is 0 Å². The number of para-hydroxylation sites is 1. The van der Waals surface area contributed by atoms with E-state index in [9.17, 15) is 4.79 Å². The average Bonchev–Trinajstić information content (AvgIpc) is 3.00. The van der Waals surface area contributed by atoms with Crippen molar-refractivity contribution in [3.8, 4) is 5.75 Å². The van der Waals surface area contributed by atoms with Crippen molar-refractivity contribution in [2.24, 2.45) is 5.10 Å². The Morgan fingerprint density at radius 2 is 2.15 bits per heavy atom. The fraction of sp³-hybridized carbons (Fsp3) is 0.0667. The molecule has 1 N–H and O–H groups in total. The van der Waals surface area contributed by atoms with E-state index >= 15 is 0 Å². The molecule has 0 aliphatic heterocycles. The summed E-state index contributed by atoms with van der Waals surface area (Å²) in [7, 11) is 1.52. The van der Waals surface area contributed by atoms with Crippen molar-refractivity contribution in [1.29, 1.82) is 0 Å². The highest BCUT2D eigenvalue weighted by Crippen LogP contribution is 2.16. The Hall–Kier alpha value is -2.82. The van der Waals surface area contributed by atoms with Gasteiger partial charge in [0.25, 0.3) is 5.91 Å². The van der Waals surface area contributed by atoms with Crippen LogP contribution in [0.15, 0.2) is 58.3 Å². The van der Waals surface area contributed by atoms with Crippen molar-refractivity contribution in [1.82, 2.24) is 5.43 Å². The molecule has 0 saturated heterocycles. The van der Waals surface area contributed by atoms with Gasteiger partial charge in [-0.3, -0.25) is 4.79 Å². The van der Waals surface area contributed by atoms with Crippen LogP contribution in [-0.2, 0) is 0 Å². The van der Waals surface area contributed by atoms with Crippen LogP contribution in [0.4, 0.5) is 0 Å². The quantitative estimate of drug-likeness (QED) is 0.671. The lowest BCUT2D eigenvalue weighted by molar-refractivity contribution is 0.0952. The first kappa shape index (κ1) is 13.6. The zero-order valence-electron chi connectivity index (χ0n) is 10.9. The normalized spacial score (nSPS) is 11.1. The summed E-state index contributed by atoms with van der Waals surface area (Å²) in [5.41, 5.74) is 2.85. The maximum absolute atomic E-state index is 11.9. The lowest BCUT2D eigenvalue weighted by atomic mass is 10.2. The van der Waals surface area contributed by atoms with Crippen molar-refractivity contribution < 1.29 is 13.9 Å². The first-order valence-corrected chi connectivity index (χ1v) is 5.98. The molecule has 0 spiro atoms. The maximum Gasteiger partial charge on any atom is 0.275 e. The van der Waals surface area contributed by atoms with Crippen LogP contribution in [0.25, 0.3) is 6.08 Å². The molecule has 1 aromatic carbocycles. The SMILES string of the molecule is COc1ccccc1C(=O)NN=CC=Cc1ccco1. The summed E-state index contributed by atoms with van der Waals surface area (Å²) in [5.74, 6) is 0.893. The first-order chi connectivity index (χ1) is 9.81. The topological polar surface area (TPSA) is 63.8 Å². The number of nitrogens with one attached hydrogen (secondary N) is 1. The average molecular weight is 270 g/mol. The van der Waals surface area contributed by atoms with Crippen molar-refractivity contribution in [2.75, 3.05) is 7.11 Å². The lowest BCUT2D eigenvalue weighted by Gasteiger charge is -2.05. The Morgan fingerprint density at radius 1 is 1.30 bits per heavy atom. The fourth-order valence-corrected chi connectivity index (χ4v) is 1.56. The van der Waals surface area contributed by atoms with E-state index in [4.69, 9.17) is 9.15 Å². The monoisotopic (exact) mass is 270 g/mol. The summed E-state index contributed by atoms with van der Waals surface area (Å²) in [4.78, 5) is 11.9. The van der Waals surface area contributed by atoms with Gasteiger partial charge in [0, 0.05) is 6.21 Å². The minimum atomic E-state index is -0.329. The summed E-state index contributed by atoms with van der Waals surface area (Å²) in [5, 5.41) is 3.81. The number of rotatable bonds is 5. The molecular formula is C15H14N2O3. The number of furan rings is 1. The molecule has 0 unspecified atom stereocenters. The predicted octanol–water partition coefficient (Wildman–Crippen LogP) is 2.72. The van der Waals surface area contributed by atoms with Crippen LogP contribution in [0.1, 0.15) is 16.1 Å². The number of hydrogen-bond donors (Lipinski definition) is 1. The van der Waals surface area contributed by atoms with Gasteiger partial charge in [0.05, 0.1) is 18.9 Å². The minimum Gasteiger partial charge on any atom is -0.496 e. The standard InChI is InChI=1S/C15H14N2O3/c1-19-14-9-3-2-8-13(14)15(18)17-16-10-4-6-12-7-5-11-20-12/h2-11H,1H3,(H,17,18). The highest BCUT2D eigenvalue weighted by atomic mass is 16.5. The number of hydrogen-bond acceptors (Lipinski definition) is 4. The van der Waals surface area contributed by atoms with E-state index in [1.807, 2.05) is 6.07 Å². The van der Waals surface area contributed by atoms with E-state index in [2.05, 4.69) is 10.5 Å². The number of allylic oxidation sites excluding steroid dienone is 1. The molecule has 1 amide bonds. The number of ether oxygens (including phenoxy) is 1. The Bertz CT molecular complexity index is 616. The van der Waals surface area contributed by atoms with Crippen molar-refractivity contribution in [3.05, 3.63) is 60.1 Å². The third-order valence-corrected chi connectivity index (χ3v) is 2.48. The molecule has 5 nitrogen and oxygen atoms in total. The lowest BCUT2D eigenvalue weighted by Crippen LogP contribution is -2.18. The van der Waals surface area contributed by atoms with Crippen LogP contribution in [0.5, 0.6) is 5.75 Å². The smallest absolute Gasteiger partial charge is 0.275 e. The molecule has 5 heteroatoms. The molecule has 0 saturated carbocycles. The number of hydrazone groups is 1. The number of nitrogens with zero attached hydrogens (tertiary/aromatic N) is 1. The Labute approximate surface area is 116 Å². The molecule has 0 aliphatic rings. The highest BCUT2D eigenvalue weighted by molar-refractivity contribution is 5.97. The van der Waals surface area contributed by atoms with Crippen LogP contribution >= 0.6 is 0 Å². The van der Waals surface area contributed by atoms with E-state index in [0.717, 1.165) is 0 Å². The van der Waals surface area contributed by atoms with E-state index in [-0.39, 0.29) is 5.91 Å². The van der Waals surface area contributed by atoms with Crippen LogP contribution in [-0.4, -0.2) is 19.2 Å². The second-order valence-electron chi connectivity index (χ2n) is 3.79. The molecule has 1 aromatic heterocycles. The van der Waals surface area contributed by atoms with Crippen molar-refractivity contribution in [3.63, 3.8) is 0 Å². The molecule has 0 radical (unpaired) electrons. The van der Waals surface area contributed by atoms with Crippen LogP contribution in [0.3, 0.4) is 0 Å². The Kier molecular flexibility index (Phi) is 4.72. The van der Waals surface area contributed by atoms with Gasteiger partial charge < -0.3 is 9.15 Å². The van der Waals surface area contributed by atoms with E-state index in [1.165, 1.54) is 13.3 Å². The van der Waals surface area contributed by atoms with E-state index in [0.29, 0.717) is 17.1 Å². The summed E-state index contributed by atoms with van der Waals surface area (Å²) < 4.78 is 10.2. The summed E-state index contributed by atoms with van der Waals surface area (Å²) >= 11 is 0. The molecule has 0 aliphatic carbocycles. The predicted molar refractivity (Wildman–Crippen MR) is 76.7 cm³/mol. The molecule has 102 valence electrons. The van der Waals surface area contributed by atoms with Crippen LogP contribution in [0.2, 0.25) is 0 Å². The van der Waals surface area contributed by atoms with Gasteiger partial charge in [-0.05, 0) is 36.4 Å². The van der Waals surface area contributed by atoms with Gasteiger partial charge in [0.1, 0.15) is 11.5 Å². The second-order valence-corrected chi connectivity index (χ2v) is 3.79. The van der Waals surface area contributed by atoms with Gasteiger partial charge in [-0.25, -0.2) is 5.43 Å². The number of methoxy groups -OCH3 is 1. The highest BCUT2D eigenvalue weighted by Gasteiger charge is 2.09. The number of amides is 1.